The van der Waals surface area contributed by atoms with Crippen molar-refractivity contribution in [2.45, 2.75) is 23.7 Å². The van der Waals surface area contributed by atoms with Gasteiger partial charge in [0.1, 0.15) is 0 Å². The molecule has 0 saturated carbocycles. The molecule has 0 aromatic heterocycles. The van der Waals surface area contributed by atoms with Crippen molar-refractivity contribution in [3.8, 4) is 0 Å². The summed E-state index contributed by atoms with van der Waals surface area (Å²) in [5, 5.41) is 16.7. The Labute approximate surface area is 59.7 Å². The minimum absolute atomic E-state index is 0.166. The molecule has 0 aromatic rings. The molecular formula is C4H10O2S2. The molecule has 0 unspecified atom stereocenters. The van der Waals surface area contributed by atoms with Crippen LogP contribution in [-0.4, -0.2) is 20.6 Å². The predicted molar refractivity (Wildman–Crippen MR) is 39.2 cm³/mol. The van der Waals surface area contributed by atoms with Gasteiger partial charge in [-0.1, -0.05) is 0 Å². The number of aliphatic hydroxyl groups excluding tert-OH is 1. The summed E-state index contributed by atoms with van der Waals surface area (Å²) in [6.45, 7) is 1.69. The van der Waals surface area contributed by atoms with E-state index < -0.39 is 10.4 Å². The average Bonchev–Trinajstić information content (AvgIpc) is 1.21. The van der Waals surface area contributed by atoms with Gasteiger partial charge >= 0.3 is 0 Å². The molecule has 0 saturated heterocycles. The minimum Gasteiger partial charge on any atom is -0.368 e. The second-order valence-electron chi connectivity index (χ2n) is 1.90. The molecule has 0 rings (SSSR count). The summed E-state index contributed by atoms with van der Waals surface area (Å²) < 4.78 is -0.589. The summed E-state index contributed by atoms with van der Waals surface area (Å²) in [6, 6.07) is 0. The Kier molecular flexibility index (Phi) is 3.19. The van der Waals surface area contributed by atoms with E-state index >= 15 is 0 Å². The standard InChI is InChI=1S/C4H10O2S2/c1-4(7,8)2-3(5)6/h3,5-8H,2H2,1H3. The predicted octanol–water partition coefficient (Wildman–Crippen LogP) is 0.263. The minimum atomic E-state index is -1.31. The molecule has 2 N–H and O–H groups in total. The maximum atomic E-state index is 8.35. The van der Waals surface area contributed by atoms with Crippen LogP contribution in [0.5, 0.6) is 0 Å². The first-order valence-electron chi connectivity index (χ1n) is 2.23. The first-order valence-corrected chi connectivity index (χ1v) is 3.12. The lowest BCUT2D eigenvalue weighted by molar-refractivity contribution is -0.0457. The van der Waals surface area contributed by atoms with Gasteiger partial charge in [0.25, 0.3) is 0 Å². The Morgan fingerprint density at radius 2 is 1.88 bits per heavy atom. The van der Waals surface area contributed by atoms with Crippen LogP contribution in [0, 0.1) is 0 Å². The second kappa shape index (κ2) is 2.96. The summed E-state index contributed by atoms with van der Waals surface area (Å²) in [4.78, 5) is 0. The molecule has 0 radical (unpaired) electrons. The summed E-state index contributed by atoms with van der Waals surface area (Å²) in [7, 11) is 0. The SMILES string of the molecule is CC(S)(S)CC(O)O. The largest absolute Gasteiger partial charge is 0.368 e. The number of aliphatic hydroxyl groups is 2. The zero-order chi connectivity index (χ0) is 6.78. The Bertz CT molecular complexity index is 66.9. The van der Waals surface area contributed by atoms with Gasteiger partial charge in [0.2, 0.25) is 0 Å². The quantitative estimate of drug-likeness (QED) is 0.340. The van der Waals surface area contributed by atoms with Crippen LogP contribution in [0.1, 0.15) is 13.3 Å². The third kappa shape index (κ3) is 6.62. The average molecular weight is 154 g/mol. The third-order valence-electron chi connectivity index (χ3n) is 0.569. The molecule has 0 aliphatic carbocycles. The Balaban J connectivity index is 3.39. The fraction of sp³-hybridized carbons (Fsp3) is 1.00. The van der Waals surface area contributed by atoms with E-state index in [0.717, 1.165) is 0 Å². The fourth-order valence-corrected chi connectivity index (χ4v) is 0.672. The van der Waals surface area contributed by atoms with E-state index in [9.17, 15) is 0 Å². The maximum absolute atomic E-state index is 8.35. The van der Waals surface area contributed by atoms with Crippen molar-refractivity contribution in [3.05, 3.63) is 0 Å². The number of hydrogen-bond acceptors (Lipinski definition) is 4. The molecule has 0 aromatic carbocycles. The summed E-state index contributed by atoms with van der Waals surface area (Å²) in [6.07, 6.45) is -1.14. The molecule has 0 atom stereocenters. The van der Waals surface area contributed by atoms with E-state index in [4.69, 9.17) is 10.2 Å². The lowest BCUT2D eigenvalue weighted by Crippen LogP contribution is -2.17. The molecule has 0 amide bonds. The molecule has 0 fully saturated rings. The first-order chi connectivity index (χ1) is 3.42. The highest BCUT2D eigenvalue weighted by molar-refractivity contribution is 8.00. The van der Waals surface area contributed by atoms with E-state index in [2.05, 4.69) is 25.3 Å². The number of rotatable bonds is 2. The molecule has 0 aliphatic rings. The van der Waals surface area contributed by atoms with Crippen molar-refractivity contribution >= 4 is 25.3 Å². The van der Waals surface area contributed by atoms with Gasteiger partial charge < -0.3 is 10.2 Å². The maximum Gasteiger partial charge on any atom is 0.153 e. The van der Waals surface area contributed by atoms with Crippen LogP contribution in [0.25, 0.3) is 0 Å². The van der Waals surface area contributed by atoms with Crippen LogP contribution in [0.4, 0.5) is 0 Å². The van der Waals surface area contributed by atoms with Crippen LogP contribution in [-0.2, 0) is 0 Å². The Morgan fingerprint density at radius 3 is 1.88 bits per heavy atom. The molecule has 0 heterocycles. The van der Waals surface area contributed by atoms with Crippen LogP contribution in [0.3, 0.4) is 0 Å². The first kappa shape index (κ1) is 8.62. The lowest BCUT2D eigenvalue weighted by atomic mass is 10.3. The summed E-state index contributed by atoms with van der Waals surface area (Å²) >= 11 is 7.88. The van der Waals surface area contributed by atoms with Gasteiger partial charge in [-0.25, -0.2) is 0 Å². The molecule has 0 bridgehead atoms. The smallest absolute Gasteiger partial charge is 0.153 e. The lowest BCUT2D eigenvalue weighted by Gasteiger charge is -2.16. The van der Waals surface area contributed by atoms with E-state index in [-0.39, 0.29) is 6.42 Å². The Morgan fingerprint density at radius 1 is 1.50 bits per heavy atom. The van der Waals surface area contributed by atoms with Gasteiger partial charge in [-0.2, -0.15) is 25.3 Å². The van der Waals surface area contributed by atoms with Crippen LogP contribution in [0.2, 0.25) is 0 Å². The van der Waals surface area contributed by atoms with E-state index in [1.807, 2.05) is 0 Å². The monoisotopic (exact) mass is 154 g/mol. The molecule has 50 valence electrons. The number of thiol groups is 2. The van der Waals surface area contributed by atoms with E-state index in [1.165, 1.54) is 0 Å². The highest BCUT2D eigenvalue weighted by Crippen LogP contribution is 2.23. The summed E-state index contributed by atoms with van der Waals surface area (Å²) in [5.41, 5.74) is 0. The topological polar surface area (TPSA) is 40.5 Å². The molecule has 8 heavy (non-hydrogen) atoms. The molecule has 2 nitrogen and oxygen atoms in total. The van der Waals surface area contributed by atoms with Crippen molar-refractivity contribution in [1.82, 2.24) is 0 Å². The van der Waals surface area contributed by atoms with Gasteiger partial charge in [-0.15, -0.1) is 0 Å². The van der Waals surface area contributed by atoms with Gasteiger partial charge in [0.05, 0.1) is 4.08 Å². The zero-order valence-electron chi connectivity index (χ0n) is 4.57. The third-order valence-corrected chi connectivity index (χ3v) is 0.934. The normalized spacial score (nSPS) is 12.8. The highest BCUT2D eigenvalue weighted by atomic mass is 32.2. The summed E-state index contributed by atoms with van der Waals surface area (Å²) in [5.74, 6) is 0. The van der Waals surface area contributed by atoms with Crippen molar-refractivity contribution in [2.24, 2.45) is 0 Å². The van der Waals surface area contributed by atoms with E-state index in [0.29, 0.717) is 0 Å². The van der Waals surface area contributed by atoms with Crippen molar-refractivity contribution < 1.29 is 10.2 Å². The van der Waals surface area contributed by atoms with Crippen molar-refractivity contribution in [2.75, 3.05) is 0 Å². The van der Waals surface area contributed by atoms with Crippen LogP contribution in [0.15, 0.2) is 0 Å². The van der Waals surface area contributed by atoms with E-state index in [1.54, 1.807) is 6.92 Å². The van der Waals surface area contributed by atoms with Crippen LogP contribution < -0.4 is 0 Å². The van der Waals surface area contributed by atoms with Crippen molar-refractivity contribution in [1.29, 1.82) is 0 Å². The molecular weight excluding hydrogens is 144 g/mol. The zero-order valence-corrected chi connectivity index (χ0v) is 6.36. The van der Waals surface area contributed by atoms with Crippen molar-refractivity contribution in [3.63, 3.8) is 0 Å². The van der Waals surface area contributed by atoms with Gasteiger partial charge in [0.15, 0.2) is 6.29 Å². The van der Waals surface area contributed by atoms with Crippen LogP contribution >= 0.6 is 25.3 Å². The molecule has 4 heteroatoms. The van der Waals surface area contributed by atoms with Gasteiger partial charge in [-0.3, -0.25) is 0 Å². The highest BCUT2D eigenvalue weighted by Gasteiger charge is 2.15. The molecule has 0 spiro atoms. The Hall–Kier alpha value is 0.620. The van der Waals surface area contributed by atoms with Gasteiger partial charge in [0, 0.05) is 6.42 Å². The molecule has 0 aliphatic heterocycles. The second-order valence-corrected chi connectivity index (χ2v) is 4.23. The fourth-order valence-electron chi connectivity index (χ4n) is 0.346. The number of hydrogen-bond donors (Lipinski definition) is 4. The van der Waals surface area contributed by atoms with Gasteiger partial charge in [-0.05, 0) is 6.92 Å².